The molecule has 2 rings (SSSR count). The van der Waals surface area contributed by atoms with Gasteiger partial charge in [0.2, 0.25) is 0 Å². The number of nitrogens with two attached hydrogens (primary N) is 1. The molecule has 15 heavy (non-hydrogen) atoms. The van der Waals surface area contributed by atoms with E-state index in [0.717, 1.165) is 11.3 Å². The molecule has 6 nitrogen and oxygen atoms in total. The van der Waals surface area contributed by atoms with Crippen LogP contribution in [-0.2, 0) is 7.05 Å². The summed E-state index contributed by atoms with van der Waals surface area (Å²) >= 11 is 0. The van der Waals surface area contributed by atoms with Gasteiger partial charge < -0.3 is 10.5 Å². The van der Waals surface area contributed by atoms with Crippen LogP contribution in [-0.4, -0.2) is 27.3 Å². The fraction of sp³-hybridized carbons (Fsp3) is 0.222. The average molecular weight is 205 g/mol. The quantitative estimate of drug-likeness (QED) is 0.721. The van der Waals surface area contributed by atoms with Gasteiger partial charge in [0.1, 0.15) is 5.75 Å². The molecule has 0 atom stereocenters. The van der Waals surface area contributed by atoms with Crippen LogP contribution in [0.3, 0.4) is 0 Å². The summed E-state index contributed by atoms with van der Waals surface area (Å²) in [5.74, 6) is 1.34. The number of hydrogen-bond acceptors (Lipinski definition) is 5. The molecule has 0 unspecified atom stereocenters. The molecule has 0 aliphatic heterocycles. The minimum Gasteiger partial charge on any atom is -0.497 e. The maximum absolute atomic E-state index is 5.84. The van der Waals surface area contributed by atoms with Crippen molar-refractivity contribution in [2.24, 2.45) is 7.05 Å². The van der Waals surface area contributed by atoms with Crippen LogP contribution in [0.4, 0.5) is 5.69 Å². The summed E-state index contributed by atoms with van der Waals surface area (Å²) in [6.45, 7) is 0. The van der Waals surface area contributed by atoms with Crippen LogP contribution in [0.15, 0.2) is 18.2 Å². The standard InChI is InChI=1S/C9H11N5O/c1-14-9(11-12-13-14)7-5-6(15-2)3-4-8(7)10/h3-5H,10H2,1-2H3. The zero-order valence-electron chi connectivity index (χ0n) is 8.51. The minimum atomic E-state index is 0.617. The number of aryl methyl sites for hydroxylation is 1. The molecular formula is C9H11N5O. The monoisotopic (exact) mass is 205 g/mol. The van der Waals surface area contributed by atoms with E-state index in [1.807, 2.05) is 0 Å². The van der Waals surface area contributed by atoms with E-state index >= 15 is 0 Å². The van der Waals surface area contributed by atoms with Crippen LogP contribution in [0, 0.1) is 0 Å². The van der Waals surface area contributed by atoms with Crippen LogP contribution >= 0.6 is 0 Å². The van der Waals surface area contributed by atoms with E-state index in [-0.39, 0.29) is 0 Å². The molecule has 2 N–H and O–H groups in total. The number of nitrogens with zero attached hydrogens (tertiary/aromatic N) is 4. The van der Waals surface area contributed by atoms with Crippen LogP contribution in [0.25, 0.3) is 11.4 Å². The zero-order chi connectivity index (χ0) is 10.8. The molecule has 1 aromatic carbocycles. The molecule has 0 saturated carbocycles. The van der Waals surface area contributed by atoms with Gasteiger partial charge in [0.05, 0.1) is 7.11 Å². The Morgan fingerprint density at radius 1 is 1.40 bits per heavy atom. The van der Waals surface area contributed by atoms with Gasteiger partial charge in [-0.25, -0.2) is 4.68 Å². The maximum Gasteiger partial charge on any atom is 0.183 e. The first-order valence-corrected chi connectivity index (χ1v) is 4.38. The van der Waals surface area contributed by atoms with E-state index < -0.39 is 0 Å². The third-order valence-electron chi connectivity index (χ3n) is 2.12. The summed E-state index contributed by atoms with van der Waals surface area (Å²) in [7, 11) is 3.36. The molecule has 6 heteroatoms. The summed E-state index contributed by atoms with van der Waals surface area (Å²) in [5, 5.41) is 11.2. The highest BCUT2D eigenvalue weighted by Crippen LogP contribution is 2.27. The molecule has 0 spiro atoms. The van der Waals surface area contributed by atoms with Gasteiger partial charge in [0, 0.05) is 18.3 Å². The lowest BCUT2D eigenvalue weighted by Gasteiger charge is -2.06. The number of anilines is 1. The molecule has 0 fully saturated rings. The normalized spacial score (nSPS) is 10.3. The van der Waals surface area contributed by atoms with E-state index in [4.69, 9.17) is 10.5 Å². The summed E-state index contributed by atoms with van der Waals surface area (Å²) in [6.07, 6.45) is 0. The predicted octanol–water partition coefficient (Wildman–Crippen LogP) is 0.468. The van der Waals surface area contributed by atoms with E-state index in [9.17, 15) is 0 Å². The maximum atomic E-state index is 5.84. The Morgan fingerprint density at radius 3 is 2.80 bits per heavy atom. The third-order valence-corrected chi connectivity index (χ3v) is 2.12. The molecule has 0 radical (unpaired) electrons. The fourth-order valence-corrected chi connectivity index (χ4v) is 1.31. The van der Waals surface area contributed by atoms with Crippen molar-refractivity contribution < 1.29 is 4.74 Å². The minimum absolute atomic E-state index is 0.617. The lowest BCUT2D eigenvalue weighted by atomic mass is 10.1. The first kappa shape index (κ1) is 9.45. The van der Waals surface area contributed by atoms with Crippen molar-refractivity contribution in [1.29, 1.82) is 0 Å². The lowest BCUT2D eigenvalue weighted by Crippen LogP contribution is -1.98. The zero-order valence-corrected chi connectivity index (χ0v) is 8.51. The Hall–Kier alpha value is -2.11. The Labute approximate surface area is 86.7 Å². The molecule has 1 heterocycles. The van der Waals surface area contributed by atoms with Crippen molar-refractivity contribution in [3.05, 3.63) is 18.2 Å². The Balaban J connectivity index is 2.56. The van der Waals surface area contributed by atoms with Gasteiger partial charge >= 0.3 is 0 Å². The van der Waals surface area contributed by atoms with Gasteiger partial charge in [-0.15, -0.1) is 5.10 Å². The second-order valence-electron chi connectivity index (χ2n) is 3.08. The Bertz CT molecular complexity index is 479. The summed E-state index contributed by atoms with van der Waals surface area (Å²) in [5.41, 5.74) is 7.22. The first-order chi connectivity index (χ1) is 7.22. The molecule has 0 amide bonds. The lowest BCUT2D eigenvalue weighted by molar-refractivity contribution is 0.415. The van der Waals surface area contributed by atoms with E-state index in [0.29, 0.717) is 11.5 Å². The van der Waals surface area contributed by atoms with Gasteiger partial charge in [0.15, 0.2) is 5.82 Å². The molecule has 0 bridgehead atoms. The number of ether oxygens (including phenoxy) is 1. The smallest absolute Gasteiger partial charge is 0.183 e. The fourth-order valence-electron chi connectivity index (χ4n) is 1.31. The summed E-state index contributed by atoms with van der Waals surface area (Å²) < 4.78 is 6.68. The molecule has 0 aliphatic rings. The van der Waals surface area contributed by atoms with Crippen molar-refractivity contribution in [3.8, 4) is 17.1 Å². The highest BCUT2D eigenvalue weighted by atomic mass is 16.5. The van der Waals surface area contributed by atoms with E-state index in [1.54, 1.807) is 37.0 Å². The average Bonchev–Trinajstić information content (AvgIpc) is 2.65. The predicted molar refractivity (Wildman–Crippen MR) is 55.2 cm³/mol. The van der Waals surface area contributed by atoms with Crippen LogP contribution < -0.4 is 10.5 Å². The van der Waals surface area contributed by atoms with Gasteiger partial charge in [-0.2, -0.15) is 0 Å². The number of rotatable bonds is 2. The Kier molecular flexibility index (Phi) is 2.24. The van der Waals surface area contributed by atoms with Gasteiger partial charge in [-0.3, -0.25) is 0 Å². The van der Waals surface area contributed by atoms with Gasteiger partial charge in [0.25, 0.3) is 0 Å². The largest absolute Gasteiger partial charge is 0.497 e. The highest BCUT2D eigenvalue weighted by molar-refractivity contribution is 5.72. The van der Waals surface area contributed by atoms with E-state index in [1.165, 1.54) is 0 Å². The number of aromatic nitrogens is 4. The molecule has 0 aliphatic carbocycles. The molecule has 0 saturated heterocycles. The van der Waals surface area contributed by atoms with Crippen molar-refractivity contribution in [1.82, 2.24) is 20.2 Å². The van der Waals surface area contributed by atoms with Crippen LogP contribution in [0.2, 0.25) is 0 Å². The SMILES string of the molecule is COc1ccc(N)c(-c2nnnn2C)c1. The summed E-state index contributed by atoms with van der Waals surface area (Å²) in [4.78, 5) is 0. The molecular weight excluding hydrogens is 194 g/mol. The number of benzene rings is 1. The summed E-state index contributed by atoms with van der Waals surface area (Å²) in [6, 6.07) is 5.37. The number of tetrazole rings is 1. The van der Waals surface area contributed by atoms with Gasteiger partial charge in [-0.05, 0) is 28.6 Å². The van der Waals surface area contributed by atoms with Crippen molar-refractivity contribution >= 4 is 5.69 Å². The van der Waals surface area contributed by atoms with Crippen molar-refractivity contribution in [2.45, 2.75) is 0 Å². The second-order valence-corrected chi connectivity index (χ2v) is 3.08. The highest BCUT2D eigenvalue weighted by Gasteiger charge is 2.10. The molecule has 1 aromatic heterocycles. The first-order valence-electron chi connectivity index (χ1n) is 4.38. The van der Waals surface area contributed by atoms with E-state index in [2.05, 4.69) is 15.5 Å². The number of nitrogen functional groups attached to an aromatic ring is 1. The van der Waals surface area contributed by atoms with Crippen molar-refractivity contribution in [3.63, 3.8) is 0 Å². The third kappa shape index (κ3) is 1.61. The molecule has 2 aromatic rings. The van der Waals surface area contributed by atoms with Crippen molar-refractivity contribution in [2.75, 3.05) is 12.8 Å². The molecule has 78 valence electrons. The number of methoxy groups -OCH3 is 1. The topological polar surface area (TPSA) is 78.8 Å². The van der Waals surface area contributed by atoms with Crippen LogP contribution in [0.5, 0.6) is 5.75 Å². The number of hydrogen-bond donors (Lipinski definition) is 1. The Morgan fingerprint density at radius 2 is 2.20 bits per heavy atom. The second kappa shape index (κ2) is 3.56. The van der Waals surface area contributed by atoms with Gasteiger partial charge in [-0.1, -0.05) is 0 Å². The van der Waals surface area contributed by atoms with Crippen LogP contribution in [0.1, 0.15) is 0 Å².